The van der Waals surface area contributed by atoms with Crippen LogP contribution in [0.5, 0.6) is 0 Å². The van der Waals surface area contributed by atoms with Crippen LogP contribution in [-0.2, 0) is 11.3 Å². The molecule has 5 heteroatoms. The molecule has 2 heterocycles. The van der Waals surface area contributed by atoms with E-state index in [2.05, 4.69) is 34.5 Å². The van der Waals surface area contributed by atoms with Crippen molar-refractivity contribution in [2.45, 2.75) is 26.0 Å². The van der Waals surface area contributed by atoms with Crippen LogP contribution in [0.25, 0.3) is 10.7 Å². The topological polar surface area (TPSA) is 47.0 Å². The first kappa shape index (κ1) is 14.1. The van der Waals surface area contributed by atoms with E-state index in [1.807, 2.05) is 18.2 Å². The molecule has 0 aliphatic heterocycles. The summed E-state index contributed by atoms with van der Waals surface area (Å²) in [5.41, 5.74) is 1.81. The van der Waals surface area contributed by atoms with Crippen molar-refractivity contribution in [3.8, 4) is 10.7 Å². The Kier molecular flexibility index (Phi) is 4.63. The summed E-state index contributed by atoms with van der Waals surface area (Å²) in [4.78, 5) is 8.88. The molecule has 0 spiro atoms. The molecule has 2 rings (SSSR count). The second kappa shape index (κ2) is 6.23. The molecule has 0 aliphatic carbocycles. The number of rotatable bonds is 6. The van der Waals surface area contributed by atoms with Gasteiger partial charge >= 0.3 is 0 Å². The summed E-state index contributed by atoms with van der Waals surface area (Å²) in [5, 5.41) is 6.38. The quantitative estimate of drug-likeness (QED) is 0.882. The Hall–Kier alpha value is -1.30. The lowest BCUT2D eigenvalue weighted by Gasteiger charge is -2.22. The third-order valence-electron chi connectivity index (χ3n) is 2.85. The third-order valence-corrected chi connectivity index (χ3v) is 3.76. The van der Waals surface area contributed by atoms with E-state index in [0.717, 1.165) is 29.5 Å². The predicted octanol–water partition coefficient (Wildman–Crippen LogP) is 2.72. The van der Waals surface area contributed by atoms with Crippen molar-refractivity contribution in [2.75, 3.05) is 13.7 Å². The van der Waals surface area contributed by atoms with Gasteiger partial charge in [-0.1, -0.05) is 6.07 Å². The molecule has 0 radical (unpaired) electrons. The Bertz CT molecular complexity index is 510. The molecule has 0 aliphatic rings. The lowest BCUT2D eigenvalue weighted by Crippen LogP contribution is -2.36. The minimum atomic E-state index is -0.153. The largest absolute Gasteiger partial charge is 0.377 e. The van der Waals surface area contributed by atoms with Gasteiger partial charge in [0.1, 0.15) is 5.01 Å². The number of hydrogen-bond donors (Lipinski definition) is 1. The number of thiazole rings is 1. The summed E-state index contributed by atoms with van der Waals surface area (Å²) in [7, 11) is 1.73. The molecule has 0 saturated heterocycles. The van der Waals surface area contributed by atoms with Gasteiger partial charge in [0, 0.05) is 31.8 Å². The van der Waals surface area contributed by atoms with Crippen LogP contribution in [0, 0.1) is 0 Å². The van der Waals surface area contributed by atoms with Crippen molar-refractivity contribution in [1.29, 1.82) is 0 Å². The first-order valence-electron chi connectivity index (χ1n) is 6.22. The number of pyridine rings is 1. The van der Waals surface area contributed by atoms with Crippen molar-refractivity contribution >= 4 is 11.3 Å². The molecule has 1 N–H and O–H groups in total. The number of methoxy groups -OCH3 is 1. The van der Waals surface area contributed by atoms with Crippen molar-refractivity contribution < 1.29 is 4.74 Å². The van der Waals surface area contributed by atoms with Crippen LogP contribution >= 0.6 is 11.3 Å². The normalized spacial score (nSPS) is 11.7. The highest BCUT2D eigenvalue weighted by Gasteiger charge is 2.15. The molecule has 0 aromatic carbocycles. The van der Waals surface area contributed by atoms with Crippen LogP contribution in [-0.4, -0.2) is 29.2 Å². The number of hydrogen-bond acceptors (Lipinski definition) is 5. The minimum absolute atomic E-state index is 0.153. The predicted molar refractivity (Wildman–Crippen MR) is 78.1 cm³/mol. The summed E-state index contributed by atoms with van der Waals surface area (Å²) in [6.07, 6.45) is 1.79. The highest BCUT2D eigenvalue weighted by atomic mass is 32.1. The van der Waals surface area contributed by atoms with E-state index >= 15 is 0 Å². The van der Waals surface area contributed by atoms with Crippen LogP contribution in [0.2, 0.25) is 0 Å². The average molecular weight is 277 g/mol. The summed E-state index contributed by atoms with van der Waals surface area (Å²) in [5.74, 6) is 0. The smallest absolute Gasteiger partial charge is 0.142 e. The van der Waals surface area contributed by atoms with Gasteiger partial charge in [0.25, 0.3) is 0 Å². The molecule has 0 atom stereocenters. The summed E-state index contributed by atoms with van der Waals surface area (Å²) in [6.45, 7) is 5.65. The van der Waals surface area contributed by atoms with Gasteiger partial charge in [-0.05, 0) is 26.0 Å². The van der Waals surface area contributed by atoms with Crippen molar-refractivity contribution in [1.82, 2.24) is 15.3 Å². The third kappa shape index (κ3) is 4.09. The molecule has 2 aromatic rings. The SMILES string of the molecule is COC(C)(C)CNCc1csc(-c2ccccn2)n1. The molecule has 0 fully saturated rings. The van der Waals surface area contributed by atoms with E-state index < -0.39 is 0 Å². The van der Waals surface area contributed by atoms with Gasteiger partial charge in [0.15, 0.2) is 0 Å². The van der Waals surface area contributed by atoms with Gasteiger partial charge in [-0.25, -0.2) is 4.98 Å². The number of aromatic nitrogens is 2. The average Bonchev–Trinajstić information content (AvgIpc) is 2.88. The maximum absolute atomic E-state index is 5.36. The number of nitrogens with zero attached hydrogens (tertiary/aromatic N) is 2. The number of ether oxygens (including phenoxy) is 1. The van der Waals surface area contributed by atoms with E-state index in [1.54, 1.807) is 24.6 Å². The van der Waals surface area contributed by atoms with Gasteiger partial charge in [-0.15, -0.1) is 11.3 Å². The molecule has 0 unspecified atom stereocenters. The highest BCUT2D eigenvalue weighted by molar-refractivity contribution is 7.13. The van der Waals surface area contributed by atoms with E-state index in [1.165, 1.54) is 0 Å². The lowest BCUT2D eigenvalue weighted by molar-refractivity contribution is 0.0230. The molecule has 102 valence electrons. The van der Waals surface area contributed by atoms with Gasteiger partial charge < -0.3 is 10.1 Å². The van der Waals surface area contributed by atoms with Crippen LogP contribution in [0.3, 0.4) is 0 Å². The van der Waals surface area contributed by atoms with E-state index in [-0.39, 0.29) is 5.60 Å². The zero-order valence-corrected chi connectivity index (χ0v) is 12.3. The monoisotopic (exact) mass is 277 g/mol. The van der Waals surface area contributed by atoms with E-state index in [0.29, 0.717) is 0 Å². The zero-order chi connectivity index (χ0) is 13.7. The Morgan fingerprint density at radius 2 is 2.21 bits per heavy atom. The minimum Gasteiger partial charge on any atom is -0.377 e. The molecule has 0 saturated carbocycles. The van der Waals surface area contributed by atoms with Crippen LogP contribution < -0.4 is 5.32 Å². The highest BCUT2D eigenvalue weighted by Crippen LogP contribution is 2.21. The second-order valence-corrected chi connectivity index (χ2v) is 5.78. The van der Waals surface area contributed by atoms with Crippen LogP contribution in [0.1, 0.15) is 19.5 Å². The fourth-order valence-electron chi connectivity index (χ4n) is 1.56. The molecule has 0 amide bonds. The molecule has 19 heavy (non-hydrogen) atoms. The van der Waals surface area contributed by atoms with Crippen molar-refractivity contribution in [3.63, 3.8) is 0 Å². The van der Waals surface area contributed by atoms with Gasteiger partial charge in [-0.2, -0.15) is 0 Å². The Morgan fingerprint density at radius 3 is 2.89 bits per heavy atom. The lowest BCUT2D eigenvalue weighted by atomic mass is 10.1. The summed E-state index contributed by atoms with van der Waals surface area (Å²) in [6, 6.07) is 5.86. The van der Waals surface area contributed by atoms with Gasteiger partial charge in [-0.3, -0.25) is 4.98 Å². The first-order valence-corrected chi connectivity index (χ1v) is 7.10. The van der Waals surface area contributed by atoms with Gasteiger partial charge in [0.05, 0.1) is 17.0 Å². The standard InChI is InChI=1S/C14H19N3OS/c1-14(2,18-3)10-15-8-11-9-19-13(17-11)12-6-4-5-7-16-12/h4-7,9,15H,8,10H2,1-3H3. The van der Waals surface area contributed by atoms with Crippen LogP contribution in [0.4, 0.5) is 0 Å². The molecule has 4 nitrogen and oxygen atoms in total. The maximum Gasteiger partial charge on any atom is 0.142 e. The Labute approximate surface area is 117 Å². The van der Waals surface area contributed by atoms with Crippen molar-refractivity contribution in [3.05, 3.63) is 35.5 Å². The number of nitrogens with one attached hydrogen (secondary N) is 1. The van der Waals surface area contributed by atoms with Gasteiger partial charge in [0.2, 0.25) is 0 Å². The van der Waals surface area contributed by atoms with Crippen LogP contribution in [0.15, 0.2) is 29.8 Å². The Morgan fingerprint density at radius 1 is 1.37 bits per heavy atom. The molecular weight excluding hydrogens is 258 g/mol. The molecule has 0 bridgehead atoms. The summed E-state index contributed by atoms with van der Waals surface area (Å²) < 4.78 is 5.36. The molecule has 2 aromatic heterocycles. The maximum atomic E-state index is 5.36. The fraction of sp³-hybridized carbons (Fsp3) is 0.429. The second-order valence-electron chi connectivity index (χ2n) is 4.93. The Balaban J connectivity index is 1.92. The first-order chi connectivity index (χ1) is 9.11. The van der Waals surface area contributed by atoms with E-state index in [9.17, 15) is 0 Å². The fourth-order valence-corrected chi connectivity index (χ4v) is 2.35. The molecular formula is C14H19N3OS. The zero-order valence-electron chi connectivity index (χ0n) is 11.5. The summed E-state index contributed by atoms with van der Waals surface area (Å²) >= 11 is 1.62. The van der Waals surface area contributed by atoms with E-state index in [4.69, 9.17) is 4.74 Å². The van der Waals surface area contributed by atoms with Crippen molar-refractivity contribution in [2.24, 2.45) is 0 Å².